The van der Waals surface area contributed by atoms with Gasteiger partial charge in [-0.3, -0.25) is 0 Å². The summed E-state index contributed by atoms with van der Waals surface area (Å²) in [5.41, 5.74) is 0. The molecule has 0 aliphatic carbocycles. The zero-order chi connectivity index (χ0) is 5.70. The van der Waals surface area contributed by atoms with Crippen molar-refractivity contribution in [2.45, 2.75) is 12.1 Å². The second-order valence-corrected chi connectivity index (χ2v) is 1.71. The molecule has 44 valence electrons. The van der Waals surface area contributed by atoms with Crippen LogP contribution in [0.25, 0.3) is 0 Å². The Labute approximate surface area is 51.9 Å². The van der Waals surface area contributed by atoms with Crippen molar-refractivity contribution >= 4 is 15.9 Å². The molecule has 0 amide bonds. The average molecular weight is 169 g/mol. The molecule has 0 spiro atoms. The van der Waals surface area contributed by atoms with Crippen LogP contribution < -0.4 is 0 Å². The molecule has 0 saturated carbocycles. The van der Waals surface area contributed by atoms with Crippen LogP contribution in [0.15, 0.2) is 0 Å². The first-order valence-corrected chi connectivity index (χ1v) is 3.01. The summed E-state index contributed by atoms with van der Waals surface area (Å²) < 4.78 is 9.57. The SMILES string of the molecule is CCOC(Br)OC. The lowest BCUT2D eigenvalue weighted by Gasteiger charge is -2.04. The van der Waals surface area contributed by atoms with Crippen molar-refractivity contribution in [2.24, 2.45) is 0 Å². The van der Waals surface area contributed by atoms with E-state index >= 15 is 0 Å². The zero-order valence-electron chi connectivity index (χ0n) is 4.48. The first-order chi connectivity index (χ1) is 3.31. The second kappa shape index (κ2) is 4.56. The quantitative estimate of drug-likeness (QED) is 0.468. The maximum absolute atomic E-state index is 4.89. The normalized spacial score (nSPS) is 14.1. The Balaban J connectivity index is 2.83. The molecule has 0 aromatic rings. The lowest BCUT2D eigenvalue weighted by Crippen LogP contribution is -2.04. The van der Waals surface area contributed by atoms with Crippen molar-refractivity contribution in [1.82, 2.24) is 0 Å². The van der Waals surface area contributed by atoms with Gasteiger partial charge in [-0.05, 0) is 22.9 Å². The average Bonchev–Trinajstić information content (AvgIpc) is 1.68. The Kier molecular flexibility index (Phi) is 4.82. The summed E-state index contributed by atoms with van der Waals surface area (Å²) in [6.07, 6.45) is 0. The van der Waals surface area contributed by atoms with E-state index in [2.05, 4.69) is 20.7 Å². The maximum atomic E-state index is 4.89. The second-order valence-electron chi connectivity index (χ2n) is 0.965. The van der Waals surface area contributed by atoms with Gasteiger partial charge in [0.1, 0.15) is 0 Å². The fraction of sp³-hybridized carbons (Fsp3) is 1.00. The molecule has 0 bridgehead atoms. The molecule has 0 fully saturated rings. The molecular weight excluding hydrogens is 160 g/mol. The van der Waals surface area contributed by atoms with Gasteiger partial charge in [-0.15, -0.1) is 0 Å². The van der Waals surface area contributed by atoms with E-state index in [1.807, 2.05) is 6.92 Å². The molecule has 0 heterocycles. The number of methoxy groups -OCH3 is 1. The van der Waals surface area contributed by atoms with E-state index < -0.39 is 0 Å². The molecule has 2 nitrogen and oxygen atoms in total. The highest BCUT2D eigenvalue weighted by Crippen LogP contribution is 1.99. The van der Waals surface area contributed by atoms with Gasteiger partial charge >= 0.3 is 0 Å². The van der Waals surface area contributed by atoms with Gasteiger partial charge in [0.05, 0.1) is 0 Å². The van der Waals surface area contributed by atoms with Crippen LogP contribution in [0.5, 0.6) is 0 Å². The standard InChI is InChI=1S/C4H9BrO2/c1-3-7-4(5)6-2/h4H,3H2,1-2H3. The minimum atomic E-state index is -0.238. The van der Waals surface area contributed by atoms with Gasteiger partial charge in [-0.25, -0.2) is 0 Å². The van der Waals surface area contributed by atoms with Crippen molar-refractivity contribution in [3.63, 3.8) is 0 Å². The van der Waals surface area contributed by atoms with Crippen LogP contribution in [0.4, 0.5) is 0 Å². The smallest absolute Gasteiger partial charge is 0.215 e. The lowest BCUT2D eigenvalue weighted by molar-refractivity contribution is -0.0499. The summed E-state index contributed by atoms with van der Waals surface area (Å²) in [5.74, 6) is 0. The molecule has 1 unspecified atom stereocenters. The van der Waals surface area contributed by atoms with Crippen LogP contribution in [-0.4, -0.2) is 18.9 Å². The van der Waals surface area contributed by atoms with Crippen LogP contribution in [0.3, 0.4) is 0 Å². The number of ether oxygens (including phenoxy) is 2. The first-order valence-electron chi connectivity index (χ1n) is 2.09. The van der Waals surface area contributed by atoms with Crippen molar-refractivity contribution in [3.8, 4) is 0 Å². The van der Waals surface area contributed by atoms with Gasteiger partial charge in [0.2, 0.25) is 5.20 Å². The van der Waals surface area contributed by atoms with Crippen molar-refractivity contribution < 1.29 is 9.47 Å². The Hall–Kier alpha value is 0.400. The summed E-state index contributed by atoms with van der Waals surface area (Å²) in [4.78, 5) is 0. The van der Waals surface area contributed by atoms with Crippen molar-refractivity contribution in [2.75, 3.05) is 13.7 Å². The van der Waals surface area contributed by atoms with E-state index in [9.17, 15) is 0 Å². The molecule has 0 aliphatic rings. The van der Waals surface area contributed by atoms with Gasteiger partial charge in [-0.1, -0.05) is 0 Å². The van der Waals surface area contributed by atoms with Crippen LogP contribution in [-0.2, 0) is 9.47 Å². The van der Waals surface area contributed by atoms with Crippen molar-refractivity contribution in [1.29, 1.82) is 0 Å². The molecular formula is C4H9BrO2. The van der Waals surface area contributed by atoms with Crippen LogP contribution in [0, 0.1) is 0 Å². The van der Waals surface area contributed by atoms with Crippen molar-refractivity contribution in [3.05, 3.63) is 0 Å². The number of rotatable bonds is 3. The van der Waals surface area contributed by atoms with Gasteiger partial charge in [0.15, 0.2) is 0 Å². The third kappa shape index (κ3) is 4.25. The summed E-state index contributed by atoms with van der Waals surface area (Å²) in [6, 6.07) is 0. The molecule has 0 radical (unpaired) electrons. The molecule has 0 saturated heterocycles. The largest absolute Gasteiger partial charge is 0.347 e. The molecule has 0 rings (SSSR count). The number of hydrogen-bond acceptors (Lipinski definition) is 2. The van der Waals surface area contributed by atoms with E-state index in [0.717, 1.165) is 0 Å². The van der Waals surface area contributed by atoms with Crippen LogP contribution in [0.2, 0.25) is 0 Å². The monoisotopic (exact) mass is 168 g/mol. The molecule has 0 aliphatic heterocycles. The molecule has 0 N–H and O–H groups in total. The Morgan fingerprint density at radius 1 is 1.71 bits per heavy atom. The fourth-order valence-electron chi connectivity index (χ4n) is 0.199. The zero-order valence-corrected chi connectivity index (χ0v) is 6.06. The summed E-state index contributed by atoms with van der Waals surface area (Å²) in [6.45, 7) is 2.58. The highest BCUT2D eigenvalue weighted by Gasteiger charge is 1.94. The predicted molar refractivity (Wildman–Crippen MR) is 31.3 cm³/mol. The minimum Gasteiger partial charge on any atom is -0.347 e. The highest BCUT2D eigenvalue weighted by atomic mass is 79.9. The van der Waals surface area contributed by atoms with Gasteiger partial charge in [0.25, 0.3) is 0 Å². The number of hydrogen-bond donors (Lipinski definition) is 0. The summed E-state index contributed by atoms with van der Waals surface area (Å²) >= 11 is 3.09. The Morgan fingerprint density at radius 2 is 2.29 bits per heavy atom. The Bertz CT molecular complexity index is 40.7. The topological polar surface area (TPSA) is 18.5 Å². The van der Waals surface area contributed by atoms with Gasteiger partial charge in [0, 0.05) is 13.7 Å². The fourth-order valence-corrected chi connectivity index (χ4v) is 0.463. The molecule has 3 heteroatoms. The molecule has 0 aromatic carbocycles. The lowest BCUT2D eigenvalue weighted by atomic mass is 10.9. The predicted octanol–water partition coefficient (Wildman–Crippen LogP) is 1.35. The third-order valence-corrected chi connectivity index (χ3v) is 1.12. The third-order valence-electron chi connectivity index (χ3n) is 0.483. The Morgan fingerprint density at radius 3 is 2.43 bits per heavy atom. The van der Waals surface area contributed by atoms with E-state index in [1.54, 1.807) is 7.11 Å². The molecule has 1 atom stereocenters. The maximum Gasteiger partial charge on any atom is 0.215 e. The van der Waals surface area contributed by atoms with E-state index in [4.69, 9.17) is 4.74 Å². The van der Waals surface area contributed by atoms with E-state index in [0.29, 0.717) is 6.61 Å². The van der Waals surface area contributed by atoms with Crippen LogP contribution >= 0.6 is 15.9 Å². The highest BCUT2D eigenvalue weighted by molar-refractivity contribution is 9.09. The van der Waals surface area contributed by atoms with Crippen LogP contribution in [0.1, 0.15) is 6.92 Å². The first kappa shape index (κ1) is 7.40. The van der Waals surface area contributed by atoms with Gasteiger partial charge < -0.3 is 9.47 Å². The summed E-state index contributed by atoms with van der Waals surface area (Å²) in [7, 11) is 1.58. The summed E-state index contributed by atoms with van der Waals surface area (Å²) in [5, 5.41) is -0.238. The number of halogens is 1. The van der Waals surface area contributed by atoms with Gasteiger partial charge in [-0.2, -0.15) is 0 Å². The minimum absolute atomic E-state index is 0.238. The molecule has 7 heavy (non-hydrogen) atoms. The molecule has 0 aromatic heterocycles. The van der Waals surface area contributed by atoms with E-state index in [1.165, 1.54) is 0 Å². The number of alkyl halides is 1. The van der Waals surface area contributed by atoms with E-state index in [-0.39, 0.29) is 5.20 Å².